The van der Waals surface area contributed by atoms with Crippen molar-refractivity contribution in [3.05, 3.63) is 65.5 Å². The number of rotatable bonds is 5. The molecular formula is C25H32FN3O. The van der Waals surface area contributed by atoms with Crippen molar-refractivity contribution in [2.45, 2.75) is 38.6 Å². The summed E-state index contributed by atoms with van der Waals surface area (Å²) in [6.07, 6.45) is 3.65. The van der Waals surface area contributed by atoms with Gasteiger partial charge in [-0.25, -0.2) is 4.39 Å². The Morgan fingerprint density at radius 2 is 1.67 bits per heavy atom. The molecule has 2 saturated heterocycles. The maximum absolute atomic E-state index is 13.2. The first-order valence-electron chi connectivity index (χ1n) is 11.2. The Balaban J connectivity index is 1.26. The number of hydrogen-bond donors (Lipinski definition) is 0. The van der Waals surface area contributed by atoms with Gasteiger partial charge in [-0.2, -0.15) is 0 Å². The number of carbonyl (C=O) groups is 1. The standard InChI is InChI=1S/C25H32FN3O/c1-20-4-6-21(7-5-20)8-13-25(30)29-14-2-3-24(19-29)28-17-15-27(16-18-28)23-11-9-22(26)10-12-23/h4-7,9-12,24H,2-3,8,13-19H2,1H3. The van der Waals surface area contributed by atoms with Crippen molar-refractivity contribution in [1.29, 1.82) is 0 Å². The molecule has 1 atom stereocenters. The molecule has 0 aliphatic carbocycles. The van der Waals surface area contributed by atoms with Crippen LogP contribution < -0.4 is 4.90 Å². The van der Waals surface area contributed by atoms with E-state index in [0.717, 1.165) is 64.2 Å². The molecule has 2 aromatic carbocycles. The lowest BCUT2D eigenvalue weighted by atomic mass is 10.0. The first-order chi connectivity index (χ1) is 14.6. The number of piperidine rings is 1. The largest absolute Gasteiger partial charge is 0.369 e. The molecule has 0 saturated carbocycles. The summed E-state index contributed by atoms with van der Waals surface area (Å²) in [5.74, 6) is 0.0944. The number of benzene rings is 2. The zero-order valence-corrected chi connectivity index (χ0v) is 17.9. The molecule has 0 bridgehead atoms. The Hall–Kier alpha value is -2.40. The van der Waals surface area contributed by atoms with Crippen LogP contribution in [0.5, 0.6) is 0 Å². The average Bonchev–Trinajstić information content (AvgIpc) is 2.79. The second-order valence-corrected chi connectivity index (χ2v) is 8.62. The second-order valence-electron chi connectivity index (χ2n) is 8.62. The van der Waals surface area contributed by atoms with Crippen molar-refractivity contribution >= 4 is 11.6 Å². The molecule has 4 rings (SSSR count). The number of aryl methyl sites for hydroxylation is 2. The highest BCUT2D eigenvalue weighted by Crippen LogP contribution is 2.22. The van der Waals surface area contributed by atoms with Crippen LogP contribution in [0, 0.1) is 12.7 Å². The minimum Gasteiger partial charge on any atom is -0.369 e. The van der Waals surface area contributed by atoms with E-state index >= 15 is 0 Å². The lowest BCUT2D eigenvalue weighted by Gasteiger charge is -2.44. The number of hydrogen-bond acceptors (Lipinski definition) is 3. The number of halogens is 1. The minimum atomic E-state index is -0.188. The molecule has 2 aromatic rings. The predicted octanol–water partition coefficient (Wildman–Crippen LogP) is 3.88. The van der Waals surface area contributed by atoms with Gasteiger partial charge in [-0.1, -0.05) is 29.8 Å². The molecule has 2 aliphatic rings. The fourth-order valence-electron chi connectivity index (χ4n) is 4.64. The van der Waals surface area contributed by atoms with Crippen LogP contribution in [-0.2, 0) is 11.2 Å². The number of likely N-dealkylation sites (tertiary alicyclic amines) is 1. The maximum Gasteiger partial charge on any atom is 0.222 e. The van der Waals surface area contributed by atoms with Crippen LogP contribution in [0.25, 0.3) is 0 Å². The molecule has 4 nitrogen and oxygen atoms in total. The third-order valence-corrected chi connectivity index (χ3v) is 6.52. The van der Waals surface area contributed by atoms with Crippen molar-refractivity contribution in [2.24, 2.45) is 0 Å². The van der Waals surface area contributed by atoms with E-state index in [0.29, 0.717) is 12.5 Å². The Kier molecular flexibility index (Phi) is 6.68. The van der Waals surface area contributed by atoms with Gasteiger partial charge in [0.2, 0.25) is 5.91 Å². The van der Waals surface area contributed by atoms with Crippen LogP contribution in [0.4, 0.5) is 10.1 Å². The lowest BCUT2D eigenvalue weighted by molar-refractivity contribution is -0.133. The van der Waals surface area contributed by atoms with Crippen LogP contribution in [0.15, 0.2) is 48.5 Å². The summed E-state index contributed by atoms with van der Waals surface area (Å²) in [4.78, 5) is 19.7. The number of anilines is 1. The van der Waals surface area contributed by atoms with Crippen molar-refractivity contribution in [2.75, 3.05) is 44.2 Å². The first kappa shape index (κ1) is 20.9. The molecule has 5 heteroatoms. The van der Waals surface area contributed by atoms with E-state index < -0.39 is 0 Å². The van der Waals surface area contributed by atoms with E-state index in [1.54, 1.807) is 0 Å². The van der Waals surface area contributed by atoms with Crippen molar-refractivity contribution in [3.8, 4) is 0 Å². The Morgan fingerprint density at radius 1 is 0.967 bits per heavy atom. The normalized spacial score (nSPS) is 20.4. The van der Waals surface area contributed by atoms with E-state index in [-0.39, 0.29) is 11.7 Å². The van der Waals surface area contributed by atoms with Crippen LogP contribution in [0.3, 0.4) is 0 Å². The Morgan fingerprint density at radius 3 is 2.37 bits per heavy atom. The van der Waals surface area contributed by atoms with Gasteiger partial charge in [-0.15, -0.1) is 0 Å². The first-order valence-corrected chi connectivity index (χ1v) is 11.2. The predicted molar refractivity (Wildman–Crippen MR) is 119 cm³/mol. The summed E-state index contributed by atoms with van der Waals surface area (Å²) < 4.78 is 13.2. The van der Waals surface area contributed by atoms with Gasteiger partial charge in [0.25, 0.3) is 0 Å². The van der Waals surface area contributed by atoms with E-state index in [1.807, 2.05) is 12.1 Å². The average molecular weight is 410 g/mol. The van der Waals surface area contributed by atoms with Crippen LogP contribution in [0.2, 0.25) is 0 Å². The van der Waals surface area contributed by atoms with Gasteiger partial charge in [0.15, 0.2) is 0 Å². The summed E-state index contributed by atoms with van der Waals surface area (Å²) in [5, 5.41) is 0. The van der Waals surface area contributed by atoms with Gasteiger partial charge in [0.1, 0.15) is 5.82 Å². The number of carbonyl (C=O) groups excluding carboxylic acids is 1. The third kappa shape index (κ3) is 5.20. The van der Waals surface area contributed by atoms with Crippen LogP contribution in [0.1, 0.15) is 30.4 Å². The van der Waals surface area contributed by atoms with Gasteiger partial charge in [-0.05, 0) is 56.0 Å². The molecule has 2 heterocycles. The molecule has 0 aromatic heterocycles. The van der Waals surface area contributed by atoms with Crippen molar-refractivity contribution in [3.63, 3.8) is 0 Å². The highest BCUT2D eigenvalue weighted by atomic mass is 19.1. The molecule has 2 fully saturated rings. The highest BCUT2D eigenvalue weighted by molar-refractivity contribution is 5.76. The number of piperazine rings is 1. The molecular weight excluding hydrogens is 377 g/mol. The highest BCUT2D eigenvalue weighted by Gasteiger charge is 2.29. The van der Waals surface area contributed by atoms with Gasteiger partial charge in [0, 0.05) is 57.4 Å². The zero-order valence-electron chi connectivity index (χ0n) is 17.9. The smallest absolute Gasteiger partial charge is 0.222 e. The quantitative estimate of drug-likeness (QED) is 0.750. The minimum absolute atomic E-state index is 0.188. The summed E-state index contributed by atoms with van der Waals surface area (Å²) in [7, 11) is 0. The fraction of sp³-hybridized carbons (Fsp3) is 0.480. The van der Waals surface area contributed by atoms with Crippen LogP contribution >= 0.6 is 0 Å². The van der Waals surface area contributed by atoms with Gasteiger partial charge < -0.3 is 9.80 Å². The fourth-order valence-corrected chi connectivity index (χ4v) is 4.64. The molecule has 1 amide bonds. The molecule has 0 N–H and O–H groups in total. The monoisotopic (exact) mass is 409 g/mol. The van der Waals surface area contributed by atoms with E-state index in [2.05, 4.69) is 45.9 Å². The van der Waals surface area contributed by atoms with Crippen molar-refractivity contribution < 1.29 is 9.18 Å². The molecule has 30 heavy (non-hydrogen) atoms. The maximum atomic E-state index is 13.2. The summed E-state index contributed by atoms with van der Waals surface area (Å²) in [6, 6.07) is 15.7. The third-order valence-electron chi connectivity index (χ3n) is 6.52. The molecule has 160 valence electrons. The molecule has 2 aliphatic heterocycles. The van der Waals surface area contributed by atoms with Gasteiger partial charge in [-0.3, -0.25) is 9.69 Å². The zero-order chi connectivity index (χ0) is 20.9. The van der Waals surface area contributed by atoms with E-state index in [4.69, 9.17) is 0 Å². The van der Waals surface area contributed by atoms with Crippen LogP contribution in [-0.4, -0.2) is 61.0 Å². The van der Waals surface area contributed by atoms with E-state index in [9.17, 15) is 9.18 Å². The number of nitrogens with zero attached hydrogens (tertiary/aromatic N) is 3. The second kappa shape index (κ2) is 9.61. The number of amides is 1. The van der Waals surface area contributed by atoms with Crippen molar-refractivity contribution in [1.82, 2.24) is 9.80 Å². The molecule has 0 radical (unpaired) electrons. The van der Waals surface area contributed by atoms with Gasteiger partial charge >= 0.3 is 0 Å². The SMILES string of the molecule is Cc1ccc(CCC(=O)N2CCCC(N3CCN(c4ccc(F)cc4)CC3)C2)cc1. The summed E-state index contributed by atoms with van der Waals surface area (Å²) in [5.41, 5.74) is 3.58. The lowest BCUT2D eigenvalue weighted by Crippen LogP contribution is -2.55. The molecule has 1 unspecified atom stereocenters. The molecule has 0 spiro atoms. The Bertz CT molecular complexity index is 828. The Labute approximate surface area is 179 Å². The summed E-state index contributed by atoms with van der Waals surface area (Å²) in [6.45, 7) is 7.71. The topological polar surface area (TPSA) is 26.8 Å². The summed E-state index contributed by atoms with van der Waals surface area (Å²) >= 11 is 0. The van der Waals surface area contributed by atoms with Gasteiger partial charge in [0.05, 0.1) is 0 Å². The van der Waals surface area contributed by atoms with E-state index in [1.165, 1.54) is 23.3 Å².